The maximum absolute atomic E-state index is 13.5. The Morgan fingerprint density at radius 3 is 2.27 bits per heavy atom. The first kappa shape index (κ1) is 22.1. The van der Waals surface area contributed by atoms with Crippen LogP contribution in [0.1, 0.15) is 54.9 Å². The summed E-state index contributed by atoms with van der Waals surface area (Å²) in [6.45, 7) is 7.20. The number of carbonyl (C=O) groups excluding carboxylic acids is 2. The van der Waals surface area contributed by atoms with E-state index in [1.54, 1.807) is 14.0 Å². The average Bonchev–Trinajstić information content (AvgIpc) is 2.70. The molecule has 0 saturated carbocycles. The fourth-order valence-electron chi connectivity index (χ4n) is 4.66. The van der Waals surface area contributed by atoms with E-state index >= 15 is 0 Å². The second kappa shape index (κ2) is 9.03. The molecule has 1 aromatic rings. The Bertz CT molecular complexity index is 919. The molecule has 1 fully saturated rings. The lowest BCUT2D eigenvalue weighted by atomic mass is 9.66. The number of nitrogens with zero attached hydrogens (tertiary/aromatic N) is 1. The van der Waals surface area contributed by atoms with E-state index in [0.717, 1.165) is 48.2 Å². The van der Waals surface area contributed by atoms with Crippen molar-refractivity contribution in [3.05, 3.63) is 40.1 Å². The molecule has 160 valence electrons. The summed E-state index contributed by atoms with van der Waals surface area (Å²) >= 11 is 0. The number of piperidine rings is 1. The van der Waals surface area contributed by atoms with Gasteiger partial charge in [0.1, 0.15) is 5.76 Å². The zero-order chi connectivity index (χ0) is 21.9. The number of hydrogen-bond acceptors (Lipinski definition) is 6. The van der Waals surface area contributed by atoms with Gasteiger partial charge >= 0.3 is 6.16 Å². The largest absolute Gasteiger partial charge is 0.513 e. The number of hydroxylamine groups is 2. The molecular formula is C24H29NO5. The van der Waals surface area contributed by atoms with Gasteiger partial charge in [0.05, 0.1) is 19.8 Å². The molecule has 1 aliphatic heterocycles. The van der Waals surface area contributed by atoms with Gasteiger partial charge in [-0.2, -0.15) is 5.06 Å². The molecule has 1 aliphatic carbocycles. The number of aryl methyl sites for hydroxylation is 2. The molecule has 1 saturated heterocycles. The van der Waals surface area contributed by atoms with Crippen LogP contribution in [0.4, 0.5) is 4.79 Å². The van der Waals surface area contributed by atoms with Crippen LogP contribution in [0, 0.1) is 31.1 Å². The number of ketones is 1. The molecule has 0 amide bonds. The third-order valence-electron chi connectivity index (χ3n) is 6.10. The van der Waals surface area contributed by atoms with Crippen molar-refractivity contribution in [2.24, 2.45) is 5.41 Å². The second-order valence-corrected chi connectivity index (χ2v) is 8.10. The smallest absolute Gasteiger partial charge is 0.437 e. The van der Waals surface area contributed by atoms with Gasteiger partial charge in [0.25, 0.3) is 0 Å². The Labute approximate surface area is 178 Å². The number of allylic oxidation sites excluding steroid dienone is 2. The predicted molar refractivity (Wildman–Crippen MR) is 113 cm³/mol. The van der Waals surface area contributed by atoms with Crippen LogP contribution < -0.4 is 0 Å². The van der Waals surface area contributed by atoms with Crippen LogP contribution in [0.15, 0.2) is 17.9 Å². The number of rotatable bonds is 3. The zero-order valence-corrected chi connectivity index (χ0v) is 18.4. The second-order valence-electron chi connectivity index (χ2n) is 8.10. The monoisotopic (exact) mass is 411 g/mol. The molecule has 0 radical (unpaired) electrons. The van der Waals surface area contributed by atoms with Crippen LogP contribution in [0.2, 0.25) is 0 Å². The van der Waals surface area contributed by atoms with Gasteiger partial charge in [0, 0.05) is 31.5 Å². The van der Waals surface area contributed by atoms with Crippen molar-refractivity contribution in [1.82, 2.24) is 5.06 Å². The molecule has 1 heterocycles. The molecule has 3 rings (SSSR count). The molecule has 30 heavy (non-hydrogen) atoms. The van der Waals surface area contributed by atoms with Gasteiger partial charge in [-0.1, -0.05) is 5.92 Å². The first-order valence-corrected chi connectivity index (χ1v) is 10.2. The molecular weight excluding hydrogens is 382 g/mol. The molecule has 0 unspecified atom stereocenters. The number of ether oxygens (including phenoxy) is 2. The highest BCUT2D eigenvalue weighted by molar-refractivity contribution is 6.23. The van der Waals surface area contributed by atoms with Crippen molar-refractivity contribution in [3.8, 4) is 11.8 Å². The number of hydrogen-bond donors (Lipinski definition) is 0. The molecule has 2 aliphatic rings. The Hall–Kier alpha value is -2.62. The lowest BCUT2D eigenvalue weighted by Crippen LogP contribution is -2.43. The van der Waals surface area contributed by atoms with E-state index in [0.29, 0.717) is 24.2 Å². The number of carbonyl (C=O) groups is 2. The minimum absolute atomic E-state index is 0.00606. The summed E-state index contributed by atoms with van der Waals surface area (Å²) in [4.78, 5) is 30.8. The molecule has 0 bridgehead atoms. The Morgan fingerprint density at radius 2 is 1.73 bits per heavy atom. The zero-order valence-electron chi connectivity index (χ0n) is 18.4. The third kappa shape index (κ3) is 4.43. The Balaban J connectivity index is 2.07. The Kier molecular flexibility index (Phi) is 6.64. The topological polar surface area (TPSA) is 65.1 Å². The van der Waals surface area contributed by atoms with E-state index in [9.17, 15) is 9.59 Å². The highest BCUT2D eigenvalue weighted by atomic mass is 16.7. The summed E-state index contributed by atoms with van der Waals surface area (Å²) in [6.07, 6.45) is 1.76. The van der Waals surface area contributed by atoms with E-state index in [1.165, 1.54) is 7.11 Å². The standard InChI is InChI=1S/C24H29NO5/c1-6-7-18-12-16(2)21(17(3)13-18)22-19(26)14-24(8-10-25(29-5)11-9-24)15-20(22)30-23(27)28-4/h12-13H,8-11,14-15H2,1-5H3. The van der Waals surface area contributed by atoms with Gasteiger partial charge in [-0.15, -0.1) is 5.92 Å². The maximum atomic E-state index is 13.5. The van der Waals surface area contributed by atoms with Crippen molar-refractivity contribution in [2.75, 3.05) is 27.3 Å². The summed E-state index contributed by atoms with van der Waals surface area (Å²) in [6, 6.07) is 3.94. The lowest BCUT2D eigenvalue weighted by Gasteiger charge is -2.43. The normalized spacial score (nSPS) is 18.8. The minimum atomic E-state index is -0.801. The third-order valence-corrected chi connectivity index (χ3v) is 6.10. The molecule has 0 N–H and O–H groups in total. The minimum Gasteiger partial charge on any atom is -0.437 e. The van der Waals surface area contributed by atoms with Crippen LogP contribution in [0.25, 0.3) is 5.57 Å². The number of methoxy groups -OCH3 is 1. The molecule has 1 aromatic carbocycles. The van der Waals surface area contributed by atoms with E-state index in [-0.39, 0.29) is 11.2 Å². The quantitative estimate of drug-likeness (QED) is 0.549. The summed E-state index contributed by atoms with van der Waals surface area (Å²) < 4.78 is 10.3. The number of benzene rings is 1. The molecule has 0 atom stereocenters. The summed E-state index contributed by atoms with van der Waals surface area (Å²) in [7, 11) is 2.93. The van der Waals surface area contributed by atoms with Gasteiger partial charge in [-0.05, 0) is 67.9 Å². The molecule has 6 nitrogen and oxygen atoms in total. The highest BCUT2D eigenvalue weighted by Crippen LogP contribution is 2.48. The Morgan fingerprint density at radius 1 is 1.10 bits per heavy atom. The van der Waals surface area contributed by atoms with Crippen LogP contribution in [0.5, 0.6) is 0 Å². The van der Waals surface area contributed by atoms with E-state index in [4.69, 9.17) is 14.3 Å². The van der Waals surface area contributed by atoms with Gasteiger partial charge < -0.3 is 14.3 Å². The van der Waals surface area contributed by atoms with Gasteiger partial charge in [0.15, 0.2) is 5.78 Å². The van der Waals surface area contributed by atoms with E-state index in [1.807, 2.05) is 31.0 Å². The van der Waals surface area contributed by atoms with E-state index in [2.05, 4.69) is 11.8 Å². The van der Waals surface area contributed by atoms with Gasteiger partial charge in [-0.25, -0.2) is 4.79 Å². The molecule has 0 aromatic heterocycles. The van der Waals surface area contributed by atoms with Crippen molar-refractivity contribution in [1.29, 1.82) is 0 Å². The maximum Gasteiger partial charge on any atom is 0.513 e. The fraction of sp³-hybridized carbons (Fsp3) is 0.500. The average molecular weight is 411 g/mol. The van der Waals surface area contributed by atoms with E-state index < -0.39 is 6.16 Å². The van der Waals surface area contributed by atoms with Crippen molar-refractivity contribution >= 4 is 17.5 Å². The molecule has 1 spiro atoms. The number of Topliss-reactive ketones (excluding diaryl/α,β-unsaturated/α-hetero) is 1. The summed E-state index contributed by atoms with van der Waals surface area (Å²) in [5.41, 5.74) is 3.86. The van der Waals surface area contributed by atoms with Crippen LogP contribution in [0.3, 0.4) is 0 Å². The van der Waals surface area contributed by atoms with Gasteiger partial charge in [0.2, 0.25) is 0 Å². The summed E-state index contributed by atoms with van der Waals surface area (Å²) in [5, 5.41) is 1.90. The van der Waals surface area contributed by atoms with Crippen LogP contribution in [-0.4, -0.2) is 44.3 Å². The predicted octanol–water partition coefficient (Wildman–Crippen LogP) is 4.18. The first-order valence-electron chi connectivity index (χ1n) is 10.2. The van der Waals surface area contributed by atoms with Crippen LogP contribution >= 0.6 is 0 Å². The van der Waals surface area contributed by atoms with Crippen LogP contribution in [-0.2, 0) is 19.1 Å². The highest BCUT2D eigenvalue weighted by Gasteiger charge is 2.44. The van der Waals surface area contributed by atoms with Crippen molar-refractivity contribution in [3.63, 3.8) is 0 Å². The van der Waals surface area contributed by atoms with Crippen molar-refractivity contribution in [2.45, 2.75) is 46.5 Å². The van der Waals surface area contributed by atoms with Gasteiger partial charge in [-0.3, -0.25) is 4.79 Å². The SMILES string of the molecule is CC#Cc1cc(C)c(C2=C(OC(=O)OC)CC3(CCN(OC)CC3)CC2=O)c(C)c1. The lowest BCUT2D eigenvalue weighted by molar-refractivity contribution is -0.162. The summed E-state index contributed by atoms with van der Waals surface area (Å²) in [5.74, 6) is 6.39. The van der Waals surface area contributed by atoms with Crippen molar-refractivity contribution < 1.29 is 23.9 Å². The first-order chi connectivity index (χ1) is 14.3. The molecule has 6 heteroatoms. The fourth-order valence-corrected chi connectivity index (χ4v) is 4.66.